The Labute approximate surface area is 116 Å². The van der Waals surface area contributed by atoms with Crippen LogP contribution in [0.25, 0.3) is 0 Å². The average Bonchev–Trinajstić information content (AvgIpc) is 2.68. The zero-order chi connectivity index (χ0) is 12.3. The Morgan fingerprint density at radius 3 is 2.94 bits per heavy atom. The molecule has 0 radical (unpaired) electrons. The molecule has 0 saturated carbocycles. The second-order valence-corrected chi connectivity index (χ2v) is 5.75. The number of carbonyl (C=O) groups is 1. The van der Waals surface area contributed by atoms with Crippen molar-refractivity contribution in [1.29, 1.82) is 0 Å². The number of benzene rings is 1. The maximum atomic E-state index is 11.7. The molecule has 0 bridgehead atoms. The average molecular weight is 314 g/mol. The first kappa shape index (κ1) is 13.0. The SMILES string of the molecule is O=C1CC(CS)CN1CCc1cccc(Br)c1. The van der Waals surface area contributed by atoms with E-state index < -0.39 is 0 Å². The lowest BCUT2D eigenvalue weighted by Gasteiger charge is -2.16. The molecule has 1 unspecified atom stereocenters. The van der Waals surface area contributed by atoms with Gasteiger partial charge in [-0.2, -0.15) is 12.6 Å². The molecule has 0 N–H and O–H groups in total. The molecule has 4 heteroatoms. The van der Waals surface area contributed by atoms with E-state index in [1.807, 2.05) is 17.0 Å². The summed E-state index contributed by atoms with van der Waals surface area (Å²) < 4.78 is 1.09. The van der Waals surface area contributed by atoms with Gasteiger partial charge in [0.1, 0.15) is 0 Å². The molecule has 92 valence electrons. The predicted octanol–water partition coefficient (Wildman–Crippen LogP) is 2.77. The maximum absolute atomic E-state index is 11.7. The van der Waals surface area contributed by atoms with Gasteiger partial charge in [0.25, 0.3) is 0 Å². The summed E-state index contributed by atoms with van der Waals surface area (Å²) in [6.45, 7) is 1.69. The van der Waals surface area contributed by atoms with E-state index in [4.69, 9.17) is 0 Å². The molecule has 1 heterocycles. The van der Waals surface area contributed by atoms with E-state index in [0.717, 1.165) is 29.7 Å². The molecule has 1 aliphatic rings. The molecule has 0 aliphatic carbocycles. The van der Waals surface area contributed by atoms with Crippen molar-refractivity contribution in [3.63, 3.8) is 0 Å². The summed E-state index contributed by atoms with van der Waals surface area (Å²) in [4.78, 5) is 13.7. The van der Waals surface area contributed by atoms with Crippen LogP contribution in [-0.2, 0) is 11.2 Å². The Morgan fingerprint density at radius 2 is 2.29 bits per heavy atom. The van der Waals surface area contributed by atoms with Crippen LogP contribution < -0.4 is 0 Å². The third kappa shape index (κ3) is 3.49. The fourth-order valence-corrected chi connectivity index (χ4v) is 2.84. The van der Waals surface area contributed by atoms with Crippen molar-refractivity contribution in [3.05, 3.63) is 34.3 Å². The quantitative estimate of drug-likeness (QED) is 0.848. The van der Waals surface area contributed by atoms with Crippen molar-refractivity contribution < 1.29 is 4.79 Å². The van der Waals surface area contributed by atoms with E-state index in [0.29, 0.717) is 12.3 Å². The molecule has 1 fully saturated rings. The number of hydrogen-bond acceptors (Lipinski definition) is 2. The first-order chi connectivity index (χ1) is 8.19. The van der Waals surface area contributed by atoms with Crippen LogP contribution in [0.1, 0.15) is 12.0 Å². The van der Waals surface area contributed by atoms with E-state index in [-0.39, 0.29) is 5.91 Å². The summed E-state index contributed by atoms with van der Waals surface area (Å²) in [5, 5.41) is 0. The third-order valence-corrected chi connectivity index (χ3v) is 4.12. The van der Waals surface area contributed by atoms with Crippen molar-refractivity contribution in [2.24, 2.45) is 5.92 Å². The first-order valence-electron chi connectivity index (χ1n) is 5.82. The van der Waals surface area contributed by atoms with Gasteiger partial charge in [0.05, 0.1) is 0 Å². The van der Waals surface area contributed by atoms with E-state index in [1.54, 1.807) is 0 Å². The molecule has 0 spiro atoms. The van der Waals surface area contributed by atoms with Gasteiger partial charge in [0.2, 0.25) is 5.91 Å². The summed E-state index contributed by atoms with van der Waals surface area (Å²) >= 11 is 7.72. The van der Waals surface area contributed by atoms with Crippen LogP contribution in [-0.4, -0.2) is 29.6 Å². The van der Waals surface area contributed by atoms with E-state index >= 15 is 0 Å². The van der Waals surface area contributed by atoms with Gasteiger partial charge < -0.3 is 4.90 Å². The minimum atomic E-state index is 0.277. The second kappa shape index (κ2) is 5.91. The number of carbonyl (C=O) groups excluding carboxylic acids is 1. The zero-order valence-corrected chi connectivity index (χ0v) is 12.1. The minimum Gasteiger partial charge on any atom is -0.342 e. The number of hydrogen-bond donors (Lipinski definition) is 1. The molecular weight excluding hydrogens is 298 g/mol. The number of likely N-dealkylation sites (tertiary alicyclic amines) is 1. The Kier molecular flexibility index (Phi) is 4.51. The highest BCUT2D eigenvalue weighted by atomic mass is 79.9. The van der Waals surface area contributed by atoms with Crippen molar-refractivity contribution in [1.82, 2.24) is 4.90 Å². The Morgan fingerprint density at radius 1 is 1.47 bits per heavy atom. The van der Waals surface area contributed by atoms with Crippen molar-refractivity contribution in [3.8, 4) is 0 Å². The fraction of sp³-hybridized carbons (Fsp3) is 0.462. The van der Waals surface area contributed by atoms with Gasteiger partial charge in [-0.25, -0.2) is 0 Å². The van der Waals surface area contributed by atoms with Crippen LogP contribution >= 0.6 is 28.6 Å². The van der Waals surface area contributed by atoms with Gasteiger partial charge in [-0.3, -0.25) is 4.79 Å². The number of amides is 1. The lowest BCUT2D eigenvalue weighted by atomic mass is 10.1. The number of nitrogens with zero attached hydrogens (tertiary/aromatic N) is 1. The molecule has 2 nitrogen and oxygen atoms in total. The molecule has 0 aromatic heterocycles. The Hall–Kier alpha value is -0.480. The Bertz CT molecular complexity index is 410. The third-order valence-electron chi connectivity index (χ3n) is 3.11. The van der Waals surface area contributed by atoms with Crippen LogP contribution in [0.3, 0.4) is 0 Å². The van der Waals surface area contributed by atoms with Crippen molar-refractivity contribution in [2.75, 3.05) is 18.8 Å². The summed E-state index contributed by atoms with van der Waals surface area (Å²) in [6, 6.07) is 8.25. The van der Waals surface area contributed by atoms with E-state index in [9.17, 15) is 4.79 Å². The van der Waals surface area contributed by atoms with Crippen LogP contribution in [0.15, 0.2) is 28.7 Å². The van der Waals surface area contributed by atoms with Gasteiger partial charge in [-0.15, -0.1) is 0 Å². The second-order valence-electron chi connectivity index (χ2n) is 4.47. The van der Waals surface area contributed by atoms with Gasteiger partial charge in [-0.1, -0.05) is 28.1 Å². The van der Waals surface area contributed by atoms with E-state index in [1.165, 1.54) is 5.56 Å². The zero-order valence-electron chi connectivity index (χ0n) is 9.60. The smallest absolute Gasteiger partial charge is 0.222 e. The lowest BCUT2D eigenvalue weighted by Crippen LogP contribution is -2.27. The standard InChI is InChI=1S/C13H16BrNOS/c14-12-3-1-2-10(6-12)4-5-15-8-11(9-17)7-13(15)16/h1-3,6,11,17H,4-5,7-9H2. The molecule has 1 amide bonds. The monoisotopic (exact) mass is 313 g/mol. The van der Waals surface area contributed by atoms with Gasteiger partial charge in [0.15, 0.2) is 0 Å². The molecule has 1 atom stereocenters. The van der Waals surface area contributed by atoms with Gasteiger partial charge in [-0.05, 0) is 35.8 Å². The highest BCUT2D eigenvalue weighted by Gasteiger charge is 2.27. The van der Waals surface area contributed by atoms with Crippen molar-refractivity contribution >= 4 is 34.5 Å². The molecule has 1 aliphatic heterocycles. The summed E-state index contributed by atoms with van der Waals surface area (Å²) in [5.74, 6) is 1.52. The van der Waals surface area contributed by atoms with Crippen LogP contribution in [0.4, 0.5) is 0 Å². The summed E-state index contributed by atoms with van der Waals surface area (Å²) in [6.07, 6.45) is 1.59. The summed E-state index contributed by atoms with van der Waals surface area (Å²) in [5.41, 5.74) is 1.27. The number of rotatable bonds is 4. The molecule has 2 rings (SSSR count). The largest absolute Gasteiger partial charge is 0.342 e. The predicted molar refractivity (Wildman–Crippen MR) is 76.4 cm³/mol. The van der Waals surface area contributed by atoms with Crippen LogP contribution in [0.2, 0.25) is 0 Å². The fourth-order valence-electron chi connectivity index (χ4n) is 2.15. The Balaban J connectivity index is 1.88. The van der Waals surface area contributed by atoms with Crippen LogP contribution in [0.5, 0.6) is 0 Å². The highest BCUT2D eigenvalue weighted by molar-refractivity contribution is 9.10. The highest BCUT2D eigenvalue weighted by Crippen LogP contribution is 2.19. The number of halogens is 1. The topological polar surface area (TPSA) is 20.3 Å². The van der Waals surface area contributed by atoms with Crippen molar-refractivity contribution in [2.45, 2.75) is 12.8 Å². The number of thiol groups is 1. The lowest BCUT2D eigenvalue weighted by molar-refractivity contribution is -0.127. The van der Waals surface area contributed by atoms with Gasteiger partial charge >= 0.3 is 0 Å². The van der Waals surface area contributed by atoms with E-state index in [2.05, 4.69) is 40.7 Å². The van der Waals surface area contributed by atoms with Crippen LogP contribution in [0, 0.1) is 5.92 Å². The maximum Gasteiger partial charge on any atom is 0.222 e. The molecule has 1 aromatic carbocycles. The normalized spacial score (nSPS) is 20.0. The minimum absolute atomic E-state index is 0.277. The molecular formula is C13H16BrNOS. The van der Waals surface area contributed by atoms with Gasteiger partial charge in [0, 0.05) is 24.0 Å². The first-order valence-corrected chi connectivity index (χ1v) is 7.24. The molecule has 17 heavy (non-hydrogen) atoms. The molecule has 1 aromatic rings. The molecule has 1 saturated heterocycles. The summed E-state index contributed by atoms with van der Waals surface area (Å²) in [7, 11) is 0.